The third kappa shape index (κ3) is 5.91. The Morgan fingerprint density at radius 3 is 2.47 bits per heavy atom. The van der Waals surface area contributed by atoms with Gasteiger partial charge in [0, 0.05) is 13.1 Å². The van der Waals surface area contributed by atoms with Crippen molar-refractivity contribution in [1.82, 2.24) is 9.80 Å². The molecule has 10 nitrogen and oxygen atoms in total. The summed E-state index contributed by atoms with van der Waals surface area (Å²) in [5.41, 5.74) is 0.529. The summed E-state index contributed by atoms with van der Waals surface area (Å²) in [5.74, 6) is -0.323. The first-order valence-electron chi connectivity index (χ1n) is 10.7. The first-order valence-corrected chi connectivity index (χ1v) is 13.7. The molecule has 2 aliphatic heterocycles. The third-order valence-electron chi connectivity index (χ3n) is 5.33. The molecule has 0 aliphatic carbocycles. The van der Waals surface area contributed by atoms with Crippen LogP contribution in [0.15, 0.2) is 56.7 Å². The number of benzene rings is 2. The summed E-state index contributed by atoms with van der Waals surface area (Å²) >= 11 is 4.03. The van der Waals surface area contributed by atoms with Gasteiger partial charge in [-0.2, -0.15) is 8.42 Å². The molecular formula is C23H21BrN2O8S2. The number of amides is 3. The molecule has 0 radical (unpaired) electrons. The molecule has 0 aromatic heterocycles. The van der Waals surface area contributed by atoms with Gasteiger partial charge in [-0.25, -0.2) is 0 Å². The van der Waals surface area contributed by atoms with Crippen molar-refractivity contribution in [3.8, 4) is 11.5 Å². The molecule has 0 bridgehead atoms. The van der Waals surface area contributed by atoms with Crippen LogP contribution in [-0.2, 0) is 24.4 Å². The topological polar surface area (TPSA) is 120 Å². The summed E-state index contributed by atoms with van der Waals surface area (Å²) in [7, 11) is -2.62. The van der Waals surface area contributed by atoms with Crippen LogP contribution in [0, 0.1) is 0 Å². The van der Waals surface area contributed by atoms with Gasteiger partial charge in [0.05, 0.1) is 29.7 Å². The van der Waals surface area contributed by atoms with Crippen LogP contribution in [0.5, 0.6) is 11.5 Å². The molecule has 0 saturated carbocycles. The van der Waals surface area contributed by atoms with E-state index in [1.54, 1.807) is 17.0 Å². The smallest absolute Gasteiger partial charge is 0.339 e. The van der Waals surface area contributed by atoms with Crippen molar-refractivity contribution in [3.63, 3.8) is 0 Å². The van der Waals surface area contributed by atoms with Crippen LogP contribution >= 0.6 is 27.7 Å². The Morgan fingerprint density at radius 2 is 1.83 bits per heavy atom. The summed E-state index contributed by atoms with van der Waals surface area (Å²) < 4.78 is 41.0. The van der Waals surface area contributed by atoms with Crippen molar-refractivity contribution >= 4 is 60.9 Å². The van der Waals surface area contributed by atoms with E-state index in [2.05, 4.69) is 15.9 Å². The van der Waals surface area contributed by atoms with E-state index in [4.69, 9.17) is 13.7 Å². The highest BCUT2D eigenvalue weighted by molar-refractivity contribution is 9.10. The Morgan fingerprint density at radius 1 is 1.14 bits per heavy atom. The Bertz CT molecular complexity index is 1320. The van der Waals surface area contributed by atoms with Gasteiger partial charge < -0.3 is 18.6 Å². The van der Waals surface area contributed by atoms with Gasteiger partial charge >= 0.3 is 10.1 Å². The number of ether oxygens (including phenoxy) is 2. The fraction of sp³-hybridized carbons (Fsp3) is 0.261. The molecule has 2 heterocycles. The van der Waals surface area contributed by atoms with Crippen LogP contribution in [0.25, 0.3) is 6.08 Å². The quantitative estimate of drug-likeness (QED) is 0.350. The number of morpholine rings is 1. The Kier molecular flexibility index (Phi) is 8.03. The summed E-state index contributed by atoms with van der Waals surface area (Å²) in [6, 6.07) is 10.3. The molecule has 0 unspecified atom stereocenters. The SMILES string of the molecule is COc1ccc(S(=O)(=O)Oc2ccc(/C=C3\SC(=O)N(CC(=O)N4CCOCC4)C3=O)cc2Br)cc1. The third-order valence-corrected chi connectivity index (χ3v) is 8.11. The maximum absolute atomic E-state index is 12.8. The van der Waals surface area contributed by atoms with Crippen molar-refractivity contribution in [2.24, 2.45) is 0 Å². The van der Waals surface area contributed by atoms with Crippen molar-refractivity contribution in [2.75, 3.05) is 40.0 Å². The number of hydrogen-bond donors (Lipinski definition) is 0. The number of methoxy groups -OCH3 is 1. The molecule has 2 aromatic rings. The van der Waals surface area contributed by atoms with Gasteiger partial charge in [0.25, 0.3) is 11.1 Å². The van der Waals surface area contributed by atoms with Gasteiger partial charge in [0.15, 0.2) is 5.75 Å². The number of hydrogen-bond acceptors (Lipinski definition) is 9. The fourth-order valence-corrected chi connectivity index (χ4v) is 5.79. The largest absolute Gasteiger partial charge is 0.497 e. The molecule has 13 heteroatoms. The van der Waals surface area contributed by atoms with E-state index >= 15 is 0 Å². The molecule has 0 N–H and O–H groups in total. The van der Waals surface area contributed by atoms with Gasteiger partial charge in [0.1, 0.15) is 17.2 Å². The minimum absolute atomic E-state index is 0.0421. The van der Waals surface area contributed by atoms with E-state index in [1.807, 2.05) is 0 Å². The second kappa shape index (κ2) is 11.0. The summed E-state index contributed by atoms with van der Waals surface area (Å²) in [6.07, 6.45) is 1.50. The van der Waals surface area contributed by atoms with E-state index in [1.165, 1.54) is 43.5 Å². The number of carbonyl (C=O) groups excluding carboxylic acids is 3. The van der Waals surface area contributed by atoms with Crippen LogP contribution in [0.4, 0.5) is 4.79 Å². The summed E-state index contributed by atoms with van der Waals surface area (Å²) in [4.78, 5) is 40.2. The van der Waals surface area contributed by atoms with E-state index in [-0.39, 0.29) is 28.0 Å². The Hall–Kier alpha value is -2.87. The molecule has 190 valence electrons. The highest BCUT2D eigenvalue weighted by Crippen LogP contribution is 2.34. The fourth-order valence-electron chi connectivity index (χ4n) is 3.42. The molecule has 2 aromatic carbocycles. The van der Waals surface area contributed by atoms with Crippen LogP contribution in [0.1, 0.15) is 5.56 Å². The standard InChI is InChI=1S/C23H21BrN2O8S2/c1-32-16-3-5-17(6-4-16)36(30,31)34-19-7-2-15(12-18(19)24)13-20-22(28)26(23(29)35-20)14-21(27)25-8-10-33-11-9-25/h2-7,12-13H,8-11,14H2,1H3/b20-13-. The minimum atomic E-state index is -4.09. The van der Waals surface area contributed by atoms with Gasteiger partial charge in [-0.3, -0.25) is 19.3 Å². The first-order chi connectivity index (χ1) is 17.2. The number of nitrogens with zero attached hydrogens (tertiary/aromatic N) is 2. The maximum Gasteiger partial charge on any atom is 0.339 e. The average molecular weight is 597 g/mol. The highest BCUT2D eigenvalue weighted by atomic mass is 79.9. The van der Waals surface area contributed by atoms with Crippen molar-refractivity contribution in [2.45, 2.75) is 4.90 Å². The van der Waals surface area contributed by atoms with Gasteiger partial charge in [-0.1, -0.05) is 6.07 Å². The molecule has 3 amide bonds. The highest BCUT2D eigenvalue weighted by Gasteiger charge is 2.37. The number of rotatable bonds is 7. The molecule has 0 atom stereocenters. The molecule has 2 aliphatic rings. The average Bonchev–Trinajstić information content (AvgIpc) is 3.13. The second-order valence-corrected chi connectivity index (χ2v) is 11.1. The normalized spacial score (nSPS) is 17.6. The van der Waals surface area contributed by atoms with Crippen LogP contribution in [0.2, 0.25) is 0 Å². The van der Waals surface area contributed by atoms with Gasteiger partial charge in [-0.05, 0) is 75.7 Å². The lowest BCUT2D eigenvalue weighted by atomic mass is 10.2. The first kappa shape index (κ1) is 26.2. The number of carbonyl (C=O) groups is 3. The maximum atomic E-state index is 12.8. The molecule has 2 saturated heterocycles. The zero-order valence-corrected chi connectivity index (χ0v) is 22.2. The summed E-state index contributed by atoms with van der Waals surface area (Å²) in [5, 5.41) is -0.530. The van der Waals surface area contributed by atoms with Gasteiger partial charge in [0.2, 0.25) is 5.91 Å². The van der Waals surface area contributed by atoms with Crippen LogP contribution in [0.3, 0.4) is 0 Å². The van der Waals surface area contributed by atoms with Crippen LogP contribution in [-0.4, -0.2) is 75.2 Å². The zero-order valence-electron chi connectivity index (χ0n) is 19.0. The minimum Gasteiger partial charge on any atom is -0.497 e. The van der Waals surface area contributed by atoms with E-state index in [0.717, 1.165) is 16.7 Å². The summed E-state index contributed by atoms with van der Waals surface area (Å²) in [6.45, 7) is 1.35. The second-order valence-electron chi connectivity index (χ2n) is 7.66. The molecule has 0 spiro atoms. The molecule has 36 heavy (non-hydrogen) atoms. The molecule has 4 rings (SSSR count). The van der Waals surface area contributed by atoms with Crippen LogP contribution < -0.4 is 8.92 Å². The van der Waals surface area contributed by atoms with Crippen molar-refractivity contribution < 1.29 is 36.5 Å². The lowest BCUT2D eigenvalue weighted by Gasteiger charge is -2.28. The number of halogens is 1. The Labute approximate surface area is 220 Å². The van der Waals surface area contributed by atoms with E-state index in [0.29, 0.717) is 42.1 Å². The predicted molar refractivity (Wildman–Crippen MR) is 135 cm³/mol. The van der Waals surface area contributed by atoms with Gasteiger partial charge in [-0.15, -0.1) is 0 Å². The van der Waals surface area contributed by atoms with Crippen molar-refractivity contribution in [3.05, 3.63) is 57.4 Å². The lowest BCUT2D eigenvalue weighted by molar-refractivity contribution is -0.139. The lowest BCUT2D eigenvalue weighted by Crippen LogP contribution is -2.46. The molecular weight excluding hydrogens is 576 g/mol. The number of thioether (sulfide) groups is 1. The Balaban J connectivity index is 1.45. The monoisotopic (exact) mass is 596 g/mol. The van der Waals surface area contributed by atoms with E-state index in [9.17, 15) is 22.8 Å². The zero-order chi connectivity index (χ0) is 25.9. The number of imide groups is 1. The van der Waals surface area contributed by atoms with Crippen molar-refractivity contribution in [1.29, 1.82) is 0 Å². The predicted octanol–water partition coefficient (Wildman–Crippen LogP) is 3.12. The molecule has 2 fully saturated rings. The van der Waals surface area contributed by atoms with E-state index < -0.39 is 21.3 Å².